The highest BCUT2D eigenvalue weighted by atomic mass is 79.9. The number of thioether (sulfide) groups is 2. The first-order valence-electron chi connectivity index (χ1n) is 8.33. The summed E-state index contributed by atoms with van der Waals surface area (Å²) >= 11 is 8.45. The Balaban J connectivity index is 0.000000289. The summed E-state index contributed by atoms with van der Waals surface area (Å²) in [6, 6.07) is 19.1. The average molecular weight is 570 g/mol. The van der Waals surface area contributed by atoms with Gasteiger partial charge in [0.05, 0.1) is 9.81 Å². The molecule has 0 atom stereocenters. The molecule has 2 aliphatic rings. The maximum Gasteiger partial charge on any atom is 0.266 e. The van der Waals surface area contributed by atoms with E-state index >= 15 is 0 Å². The number of imide groups is 2. The van der Waals surface area contributed by atoms with E-state index in [1.165, 1.54) is 23.5 Å². The fourth-order valence-electron chi connectivity index (χ4n) is 2.23. The average Bonchev–Trinajstić information content (AvgIpc) is 3.13. The van der Waals surface area contributed by atoms with Gasteiger partial charge < -0.3 is 1.43 Å². The van der Waals surface area contributed by atoms with Gasteiger partial charge in [-0.25, -0.2) is 0 Å². The molecule has 0 aromatic heterocycles. The third-order valence-electron chi connectivity index (χ3n) is 3.59. The Bertz CT molecular complexity index is 1010. The number of hydrogen-bond acceptors (Lipinski definition) is 6. The number of carbonyl (C=O) groups is 4. The van der Waals surface area contributed by atoms with Crippen LogP contribution in [0.5, 0.6) is 0 Å². The fraction of sp³-hybridized carbons (Fsp3) is 0. The highest BCUT2D eigenvalue weighted by molar-refractivity contribution is 9.14. The molecule has 2 N–H and O–H groups in total. The van der Waals surface area contributed by atoms with Crippen molar-refractivity contribution in [1.82, 2.24) is 10.6 Å². The van der Waals surface area contributed by atoms with Gasteiger partial charge in [-0.1, -0.05) is 59.9 Å². The number of halogens is 2. The lowest BCUT2D eigenvalue weighted by atomic mass is 10.4. The molecule has 2 aromatic rings. The molecular formula is C20H13Br2N2O4S2-. The Hall–Kier alpha value is -2.14. The lowest BCUT2D eigenvalue weighted by Gasteiger charge is -2.03. The van der Waals surface area contributed by atoms with Crippen LogP contribution in [0, 0.1) is 0 Å². The predicted molar refractivity (Wildman–Crippen MR) is 124 cm³/mol. The van der Waals surface area contributed by atoms with Crippen molar-refractivity contribution in [3.63, 3.8) is 0 Å². The summed E-state index contributed by atoms with van der Waals surface area (Å²) in [6.07, 6.45) is 0. The van der Waals surface area contributed by atoms with Crippen LogP contribution < -0.4 is 10.6 Å². The largest absolute Gasteiger partial charge is 1.00 e. The Kier molecular flexibility index (Phi) is 7.70. The lowest BCUT2D eigenvalue weighted by molar-refractivity contribution is -0.125. The highest BCUT2D eigenvalue weighted by Gasteiger charge is 2.31. The van der Waals surface area contributed by atoms with Crippen molar-refractivity contribution in [3.05, 3.63) is 79.4 Å². The molecule has 10 heteroatoms. The number of carbonyl (C=O) groups excluding carboxylic acids is 4. The molecule has 0 saturated carbocycles. The quantitative estimate of drug-likeness (QED) is 0.536. The van der Waals surface area contributed by atoms with Gasteiger partial charge >= 0.3 is 0 Å². The van der Waals surface area contributed by atoms with Crippen molar-refractivity contribution >= 4 is 79.0 Å². The van der Waals surface area contributed by atoms with Crippen molar-refractivity contribution in [2.45, 2.75) is 9.79 Å². The molecule has 0 aliphatic carbocycles. The third kappa shape index (κ3) is 5.51. The molecule has 0 saturated heterocycles. The van der Waals surface area contributed by atoms with E-state index in [2.05, 4.69) is 42.5 Å². The maximum absolute atomic E-state index is 12.0. The molecule has 4 amide bonds. The van der Waals surface area contributed by atoms with E-state index in [4.69, 9.17) is 0 Å². The number of nitrogens with one attached hydrogen (secondary N) is 2. The van der Waals surface area contributed by atoms with E-state index in [9.17, 15) is 19.2 Å². The molecule has 6 nitrogen and oxygen atoms in total. The van der Waals surface area contributed by atoms with Gasteiger partial charge in [0.15, 0.2) is 0 Å². The molecule has 2 aliphatic heterocycles. The Morgan fingerprint density at radius 2 is 0.900 bits per heavy atom. The third-order valence-corrected chi connectivity index (χ3v) is 7.97. The molecular weight excluding hydrogens is 556 g/mol. The van der Waals surface area contributed by atoms with E-state index in [1.54, 1.807) is 0 Å². The van der Waals surface area contributed by atoms with Gasteiger partial charge in [0.1, 0.15) is 8.96 Å². The van der Waals surface area contributed by atoms with Crippen LogP contribution >= 0.6 is 55.4 Å². The first kappa shape index (κ1) is 22.5. The zero-order valence-corrected chi connectivity index (χ0v) is 19.8. The van der Waals surface area contributed by atoms with Gasteiger partial charge in [-0.3, -0.25) is 29.8 Å². The molecule has 0 radical (unpaired) electrons. The van der Waals surface area contributed by atoms with Crippen LogP contribution in [0.15, 0.2) is 89.2 Å². The minimum Gasteiger partial charge on any atom is -1.00 e. The van der Waals surface area contributed by atoms with Crippen molar-refractivity contribution in [2.75, 3.05) is 0 Å². The predicted octanol–water partition coefficient (Wildman–Crippen LogP) is 4.20. The Morgan fingerprint density at radius 3 is 1.20 bits per heavy atom. The van der Waals surface area contributed by atoms with Crippen LogP contribution in [-0.2, 0) is 19.2 Å². The van der Waals surface area contributed by atoms with E-state index < -0.39 is 11.8 Å². The van der Waals surface area contributed by atoms with Crippen molar-refractivity contribution in [1.29, 1.82) is 0 Å². The van der Waals surface area contributed by atoms with Gasteiger partial charge in [-0.2, -0.15) is 0 Å². The maximum atomic E-state index is 12.0. The van der Waals surface area contributed by atoms with Crippen LogP contribution in [0.3, 0.4) is 0 Å². The number of hydrogen-bond donors (Lipinski definition) is 2. The highest BCUT2D eigenvalue weighted by Crippen LogP contribution is 2.39. The van der Waals surface area contributed by atoms with Crippen molar-refractivity contribution in [3.8, 4) is 0 Å². The van der Waals surface area contributed by atoms with Gasteiger partial charge in [0, 0.05) is 9.79 Å². The summed E-state index contributed by atoms with van der Waals surface area (Å²) in [6.45, 7) is 0. The van der Waals surface area contributed by atoms with Crippen LogP contribution in [0.4, 0.5) is 0 Å². The second-order valence-corrected chi connectivity index (χ2v) is 9.44. The molecule has 4 rings (SSSR count). The van der Waals surface area contributed by atoms with Gasteiger partial charge in [-0.15, -0.1) is 0 Å². The van der Waals surface area contributed by atoms with Crippen molar-refractivity contribution < 1.29 is 20.6 Å². The molecule has 0 spiro atoms. The summed E-state index contributed by atoms with van der Waals surface area (Å²) < 4.78 is 0.514. The van der Waals surface area contributed by atoms with Gasteiger partial charge in [0.2, 0.25) is 0 Å². The monoisotopic (exact) mass is 568 g/mol. The van der Waals surface area contributed by atoms with E-state index in [0.717, 1.165) is 9.79 Å². The zero-order valence-electron chi connectivity index (χ0n) is 16.0. The van der Waals surface area contributed by atoms with Gasteiger partial charge in [0.25, 0.3) is 23.6 Å². The molecule has 30 heavy (non-hydrogen) atoms. The Morgan fingerprint density at radius 1 is 0.567 bits per heavy atom. The molecule has 154 valence electrons. The Labute approximate surface area is 198 Å². The van der Waals surface area contributed by atoms with E-state index in [1.807, 2.05) is 60.7 Å². The normalized spacial score (nSPS) is 15.8. The topological polar surface area (TPSA) is 92.3 Å². The fourth-order valence-corrected chi connectivity index (χ4v) is 4.76. The standard InChI is InChI=1S/C16H11NO2S2.C4HBr2NO2.H/c18-15-13(20-11-7-3-1-4-8-11)14(16(19)17-15)21-12-9-5-2-6-10-12;5-1-2(6)4(9)7-3(1)8;/h1-10H,(H,17,18,19);(H,7,8,9);/q;;-1/i;;1+1. The number of benzene rings is 2. The first-order chi connectivity index (χ1) is 14.4. The summed E-state index contributed by atoms with van der Waals surface area (Å²) in [4.78, 5) is 47.8. The molecule has 2 heterocycles. The number of rotatable bonds is 4. The summed E-state index contributed by atoms with van der Waals surface area (Å²) in [5.74, 6) is -1.45. The van der Waals surface area contributed by atoms with E-state index in [0.29, 0.717) is 9.81 Å². The summed E-state index contributed by atoms with van der Waals surface area (Å²) in [5, 5.41) is 4.43. The second-order valence-electron chi connectivity index (χ2n) is 5.68. The smallest absolute Gasteiger partial charge is 0.266 e. The molecule has 0 unspecified atom stereocenters. The first-order valence-corrected chi connectivity index (χ1v) is 11.6. The van der Waals surface area contributed by atoms with Crippen molar-refractivity contribution in [2.24, 2.45) is 0 Å². The number of amides is 4. The van der Waals surface area contributed by atoms with Crippen LogP contribution in [-0.4, -0.2) is 23.6 Å². The van der Waals surface area contributed by atoms with Crippen LogP contribution in [0.2, 0.25) is 0 Å². The molecule has 2 aromatic carbocycles. The zero-order chi connectivity index (χ0) is 21.7. The minimum atomic E-state index is -0.396. The minimum absolute atomic E-state index is 0. The summed E-state index contributed by atoms with van der Waals surface area (Å²) in [5.41, 5.74) is 0. The summed E-state index contributed by atoms with van der Waals surface area (Å²) in [7, 11) is 0. The molecule has 0 bridgehead atoms. The van der Waals surface area contributed by atoms with Crippen LogP contribution in [0.25, 0.3) is 0 Å². The molecule has 0 fully saturated rings. The SMILES string of the molecule is O=C1NC(=O)C(Br)=C1Br.O=C1NC(=O)C(Sc2ccccc2)=C1Sc1ccccc1.[2H-]. The van der Waals surface area contributed by atoms with Gasteiger partial charge in [-0.05, 0) is 56.1 Å². The van der Waals surface area contributed by atoms with Crippen LogP contribution in [0.1, 0.15) is 1.43 Å². The second kappa shape index (κ2) is 10.3. The van der Waals surface area contributed by atoms with E-state index in [-0.39, 0.29) is 22.2 Å². The lowest BCUT2D eigenvalue weighted by Crippen LogP contribution is -2.22.